The summed E-state index contributed by atoms with van der Waals surface area (Å²) in [4.78, 5) is 11.7. The Hall–Kier alpha value is -1.85. The van der Waals surface area contributed by atoms with Gasteiger partial charge in [-0.2, -0.15) is 5.10 Å². The molecule has 1 amide bonds. The van der Waals surface area contributed by atoms with Crippen LogP contribution in [0.1, 0.15) is 18.4 Å². The fraction of sp³-hybridized carbons (Fsp3) is 0.333. The van der Waals surface area contributed by atoms with Crippen molar-refractivity contribution in [2.75, 3.05) is 18.9 Å². The van der Waals surface area contributed by atoms with Crippen molar-refractivity contribution in [3.05, 3.63) is 48.3 Å². The van der Waals surface area contributed by atoms with Crippen molar-refractivity contribution in [3.63, 3.8) is 0 Å². The van der Waals surface area contributed by atoms with Gasteiger partial charge >= 0.3 is 0 Å². The molecule has 0 aliphatic rings. The van der Waals surface area contributed by atoms with Crippen molar-refractivity contribution >= 4 is 24.0 Å². The van der Waals surface area contributed by atoms with Crippen molar-refractivity contribution in [1.29, 1.82) is 0 Å². The van der Waals surface area contributed by atoms with Gasteiger partial charge in [0, 0.05) is 12.6 Å². The summed E-state index contributed by atoms with van der Waals surface area (Å²) in [6.07, 6.45) is 4.88. The third kappa shape index (κ3) is 5.97. The number of amides is 1. The van der Waals surface area contributed by atoms with Crippen LogP contribution in [0.2, 0.25) is 0 Å². The van der Waals surface area contributed by atoms with Crippen molar-refractivity contribution < 1.29 is 4.79 Å². The number of halogens is 1. The molecule has 2 aromatic rings. The van der Waals surface area contributed by atoms with Gasteiger partial charge in [0.15, 0.2) is 0 Å². The van der Waals surface area contributed by atoms with E-state index in [-0.39, 0.29) is 18.3 Å². The molecule has 0 aliphatic heterocycles. The minimum Gasteiger partial charge on any atom is -0.323 e. The summed E-state index contributed by atoms with van der Waals surface area (Å²) in [6, 6.07) is 10.1. The molecule has 0 saturated heterocycles. The largest absolute Gasteiger partial charge is 0.323 e. The van der Waals surface area contributed by atoms with E-state index in [0.717, 1.165) is 18.7 Å². The Balaban J connectivity index is 0.00000220. The predicted octanol–water partition coefficient (Wildman–Crippen LogP) is 2.29. The van der Waals surface area contributed by atoms with E-state index in [1.165, 1.54) is 5.56 Å². The molecule has 0 aliphatic carbocycles. The number of anilines is 1. The van der Waals surface area contributed by atoms with Gasteiger partial charge in [-0.05, 0) is 25.6 Å². The molecule has 5 nitrogen and oxygen atoms in total. The number of nitrogens with zero attached hydrogens (tertiary/aromatic N) is 2. The Kier molecular flexibility index (Phi) is 7.50. The predicted molar refractivity (Wildman–Crippen MR) is 86.8 cm³/mol. The van der Waals surface area contributed by atoms with E-state index in [4.69, 9.17) is 0 Å². The first-order valence-electron chi connectivity index (χ1n) is 6.79. The average molecular weight is 309 g/mol. The smallest absolute Gasteiger partial charge is 0.224 e. The van der Waals surface area contributed by atoms with Crippen LogP contribution in [0, 0.1) is 0 Å². The van der Waals surface area contributed by atoms with Gasteiger partial charge in [0.25, 0.3) is 0 Å². The highest BCUT2D eigenvalue weighted by atomic mass is 35.5. The van der Waals surface area contributed by atoms with Crippen LogP contribution >= 0.6 is 12.4 Å². The minimum atomic E-state index is 0. The van der Waals surface area contributed by atoms with Crippen LogP contribution in [0.25, 0.3) is 0 Å². The summed E-state index contributed by atoms with van der Waals surface area (Å²) in [5.41, 5.74) is 1.93. The molecular weight excluding hydrogens is 288 g/mol. The van der Waals surface area contributed by atoms with Gasteiger partial charge in [-0.3, -0.25) is 9.48 Å². The third-order valence-corrected chi connectivity index (χ3v) is 2.94. The van der Waals surface area contributed by atoms with Gasteiger partial charge < -0.3 is 10.6 Å². The Morgan fingerprint density at radius 3 is 2.76 bits per heavy atom. The SMILES string of the molecule is CNCCCC(=O)Nc1cnn(Cc2ccccc2)c1.Cl. The van der Waals surface area contributed by atoms with Crippen LogP contribution in [0.5, 0.6) is 0 Å². The average Bonchev–Trinajstić information content (AvgIpc) is 2.87. The maximum atomic E-state index is 11.7. The first kappa shape index (κ1) is 17.2. The second kappa shape index (κ2) is 9.15. The molecule has 114 valence electrons. The number of carbonyl (C=O) groups excluding carboxylic acids is 1. The number of benzene rings is 1. The fourth-order valence-corrected chi connectivity index (χ4v) is 1.93. The Morgan fingerprint density at radius 2 is 2.05 bits per heavy atom. The van der Waals surface area contributed by atoms with E-state index in [2.05, 4.69) is 27.9 Å². The second-order valence-corrected chi connectivity index (χ2v) is 4.67. The zero-order chi connectivity index (χ0) is 14.2. The zero-order valence-corrected chi connectivity index (χ0v) is 12.9. The van der Waals surface area contributed by atoms with Crippen LogP contribution in [-0.4, -0.2) is 29.3 Å². The van der Waals surface area contributed by atoms with E-state index in [0.29, 0.717) is 13.0 Å². The maximum Gasteiger partial charge on any atom is 0.224 e. The number of rotatable bonds is 7. The van der Waals surface area contributed by atoms with E-state index in [1.807, 2.05) is 36.1 Å². The summed E-state index contributed by atoms with van der Waals surface area (Å²) >= 11 is 0. The molecule has 6 heteroatoms. The number of hydrogen-bond donors (Lipinski definition) is 2. The summed E-state index contributed by atoms with van der Waals surface area (Å²) in [6.45, 7) is 1.55. The quantitative estimate of drug-likeness (QED) is 0.772. The maximum absolute atomic E-state index is 11.7. The van der Waals surface area contributed by atoms with E-state index < -0.39 is 0 Å². The monoisotopic (exact) mass is 308 g/mol. The van der Waals surface area contributed by atoms with Crippen LogP contribution in [-0.2, 0) is 11.3 Å². The van der Waals surface area contributed by atoms with Gasteiger partial charge in [0.05, 0.1) is 18.4 Å². The molecular formula is C15H21ClN4O. The normalized spacial score (nSPS) is 9.95. The molecule has 0 unspecified atom stereocenters. The molecule has 1 heterocycles. The molecule has 0 saturated carbocycles. The van der Waals surface area contributed by atoms with Gasteiger partial charge in [-0.25, -0.2) is 0 Å². The minimum absolute atomic E-state index is 0. The lowest BCUT2D eigenvalue weighted by atomic mass is 10.2. The molecule has 21 heavy (non-hydrogen) atoms. The van der Waals surface area contributed by atoms with Gasteiger partial charge in [-0.15, -0.1) is 12.4 Å². The summed E-state index contributed by atoms with van der Waals surface area (Å²) in [5, 5.41) is 10.1. The lowest BCUT2D eigenvalue weighted by Crippen LogP contribution is -2.14. The third-order valence-electron chi connectivity index (χ3n) is 2.94. The summed E-state index contributed by atoms with van der Waals surface area (Å²) < 4.78 is 1.82. The first-order chi connectivity index (χ1) is 9.78. The van der Waals surface area contributed by atoms with Crippen LogP contribution in [0.3, 0.4) is 0 Å². The standard InChI is InChI=1S/C15H20N4O.ClH/c1-16-9-5-8-15(20)18-14-10-17-19(12-14)11-13-6-3-2-4-7-13;/h2-4,6-7,10,12,16H,5,8-9,11H2,1H3,(H,18,20);1H. The van der Waals surface area contributed by atoms with Gasteiger partial charge in [0.1, 0.15) is 0 Å². The number of aromatic nitrogens is 2. The lowest BCUT2D eigenvalue weighted by molar-refractivity contribution is -0.116. The second-order valence-electron chi connectivity index (χ2n) is 4.67. The van der Waals surface area contributed by atoms with Crippen LogP contribution in [0.4, 0.5) is 5.69 Å². The van der Waals surface area contributed by atoms with Crippen LogP contribution in [0.15, 0.2) is 42.7 Å². The molecule has 1 aromatic heterocycles. The van der Waals surface area contributed by atoms with E-state index in [9.17, 15) is 4.79 Å². The summed E-state index contributed by atoms with van der Waals surface area (Å²) in [5.74, 6) is 0.0273. The highest BCUT2D eigenvalue weighted by molar-refractivity contribution is 5.90. The molecule has 1 aromatic carbocycles. The first-order valence-corrected chi connectivity index (χ1v) is 6.79. The highest BCUT2D eigenvalue weighted by Crippen LogP contribution is 2.08. The Labute approximate surface area is 131 Å². The van der Waals surface area contributed by atoms with Gasteiger partial charge in [-0.1, -0.05) is 30.3 Å². The topological polar surface area (TPSA) is 59.0 Å². The van der Waals surface area contributed by atoms with Crippen LogP contribution < -0.4 is 10.6 Å². The number of nitrogens with one attached hydrogen (secondary N) is 2. The molecule has 2 N–H and O–H groups in total. The number of hydrogen-bond acceptors (Lipinski definition) is 3. The Morgan fingerprint density at radius 1 is 1.29 bits per heavy atom. The zero-order valence-electron chi connectivity index (χ0n) is 12.1. The molecule has 2 rings (SSSR count). The van der Waals surface area contributed by atoms with E-state index in [1.54, 1.807) is 6.20 Å². The summed E-state index contributed by atoms with van der Waals surface area (Å²) in [7, 11) is 1.88. The molecule has 0 bridgehead atoms. The van der Waals surface area contributed by atoms with Crippen molar-refractivity contribution in [1.82, 2.24) is 15.1 Å². The van der Waals surface area contributed by atoms with Gasteiger partial charge in [0.2, 0.25) is 5.91 Å². The lowest BCUT2D eigenvalue weighted by Gasteiger charge is -2.02. The highest BCUT2D eigenvalue weighted by Gasteiger charge is 2.04. The fourth-order valence-electron chi connectivity index (χ4n) is 1.93. The van der Waals surface area contributed by atoms with Crippen molar-refractivity contribution in [3.8, 4) is 0 Å². The van der Waals surface area contributed by atoms with Crippen molar-refractivity contribution in [2.24, 2.45) is 0 Å². The molecule has 0 spiro atoms. The molecule has 0 fully saturated rings. The molecule has 0 atom stereocenters. The Bertz CT molecular complexity index is 542. The van der Waals surface area contributed by atoms with E-state index >= 15 is 0 Å². The molecule has 0 radical (unpaired) electrons. The number of carbonyl (C=O) groups is 1. The van der Waals surface area contributed by atoms with Crippen molar-refractivity contribution in [2.45, 2.75) is 19.4 Å².